The molecule has 23 heteroatoms. The number of rotatable bonds is 24. The van der Waals surface area contributed by atoms with Gasteiger partial charge >= 0.3 is 0 Å². The lowest BCUT2D eigenvalue weighted by atomic mass is 9.84. The van der Waals surface area contributed by atoms with Crippen molar-refractivity contribution in [1.82, 2.24) is 58.4 Å². The van der Waals surface area contributed by atoms with E-state index in [1.807, 2.05) is 55.2 Å². The van der Waals surface area contributed by atoms with Crippen molar-refractivity contribution < 1.29 is 33.5 Å². The molecule has 2 aliphatic rings. The molecule has 22 nitrogen and oxygen atoms in total. The number of imidazole rings is 1. The zero-order valence-corrected chi connectivity index (χ0v) is 47.1. The van der Waals surface area contributed by atoms with Gasteiger partial charge in [0.05, 0.1) is 35.0 Å². The van der Waals surface area contributed by atoms with Crippen LogP contribution in [0, 0.1) is 25.7 Å². The SMILES string of the molecule is CCCCCC(I)(CC)C1CC(=O)N(CCC(=O)N2CC(CCOc3cc(C(N)=O)cc4c5cnc(-c6cc(C)nn6CC)nc5n(C/C=C/Cn5c(NC(=O)c6cc(C)nn6CC)nc6cc(C(N)=O)cnc65)c34)C2)C1=O. The van der Waals surface area contributed by atoms with E-state index in [1.54, 1.807) is 38.5 Å². The predicted octanol–water partition coefficient (Wildman–Crippen LogP) is 6.91. The highest BCUT2D eigenvalue weighted by Crippen LogP contribution is 2.43. The number of nitrogens with one attached hydrogen (secondary N) is 1. The summed E-state index contributed by atoms with van der Waals surface area (Å²) in [5.41, 5.74) is 16.5. The minimum atomic E-state index is -0.670. The van der Waals surface area contributed by atoms with Crippen molar-refractivity contribution in [2.75, 3.05) is 31.6 Å². The Morgan fingerprint density at radius 3 is 2.26 bits per heavy atom. The Kier molecular flexibility index (Phi) is 16.4. The van der Waals surface area contributed by atoms with E-state index in [4.69, 9.17) is 26.2 Å². The first-order valence-corrected chi connectivity index (χ1v) is 27.8. The van der Waals surface area contributed by atoms with Gasteiger partial charge in [-0.15, -0.1) is 0 Å². The van der Waals surface area contributed by atoms with Crippen molar-refractivity contribution >= 4 is 97.1 Å². The zero-order chi connectivity index (χ0) is 55.6. The van der Waals surface area contributed by atoms with Crippen LogP contribution in [-0.2, 0) is 40.6 Å². The van der Waals surface area contributed by atoms with E-state index in [9.17, 15) is 28.8 Å². The molecule has 1 aromatic carbocycles. The summed E-state index contributed by atoms with van der Waals surface area (Å²) in [6.07, 6.45) is 12.6. The van der Waals surface area contributed by atoms with Gasteiger partial charge in [0.1, 0.15) is 28.3 Å². The van der Waals surface area contributed by atoms with Gasteiger partial charge in [0.15, 0.2) is 11.5 Å². The van der Waals surface area contributed by atoms with E-state index >= 15 is 0 Å². The number of carbonyl (C=O) groups is 6. The summed E-state index contributed by atoms with van der Waals surface area (Å²) >= 11 is 2.39. The van der Waals surface area contributed by atoms with E-state index in [1.165, 1.54) is 17.2 Å². The zero-order valence-electron chi connectivity index (χ0n) is 44.9. The van der Waals surface area contributed by atoms with Crippen LogP contribution in [0.2, 0.25) is 0 Å². The van der Waals surface area contributed by atoms with Crippen LogP contribution in [0.3, 0.4) is 0 Å². The number of amides is 6. The summed E-state index contributed by atoms with van der Waals surface area (Å²) < 4.78 is 13.5. The van der Waals surface area contributed by atoms with E-state index in [0.717, 1.165) is 43.5 Å². The van der Waals surface area contributed by atoms with Crippen molar-refractivity contribution in [1.29, 1.82) is 0 Å². The number of halogens is 1. The second-order valence-corrected chi connectivity index (χ2v) is 22.3. The number of hydrogen-bond donors (Lipinski definition) is 3. The average molecular weight is 1180 g/mol. The Morgan fingerprint density at radius 1 is 0.833 bits per heavy atom. The van der Waals surface area contributed by atoms with Crippen molar-refractivity contribution in [3.05, 3.63) is 83.1 Å². The highest BCUT2D eigenvalue weighted by Gasteiger charge is 2.49. The van der Waals surface area contributed by atoms with Crippen LogP contribution >= 0.6 is 22.6 Å². The third kappa shape index (κ3) is 11.1. The number of nitrogens with two attached hydrogens (primary N) is 2. The number of carbonyl (C=O) groups excluding carboxylic acids is 6. The normalized spacial score (nSPS) is 15.8. The molecule has 2 atom stereocenters. The molecule has 410 valence electrons. The maximum atomic E-state index is 13.7. The second-order valence-electron chi connectivity index (χ2n) is 20.2. The quantitative estimate of drug-likeness (QED) is 0.0183. The number of aromatic nitrogens is 10. The fraction of sp³-hybridized carbons (Fsp3) is 0.455. The van der Waals surface area contributed by atoms with Crippen molar-refractivity contribution in [2.45, 2.75) is 123 Å². The molecule has 0 saturated carbocycles. The molecule has 5 N–H and O–H groups in total. The molecule has 8 heterocycles. The summed E-state index contributed by atoms with van der Waals surface area (Å²) in [5, 5.41) is 13.3. The molecule has 0 bridgehead atoms. The van der Waals surface area contributed by atoms with Crippen LogP contribution in [0.5, 0.6) is 5.75 Å². The summed E-state index contributed by atoms with van der Waals surface area (Å²) in [6, 6.07) is 8.50. The summed E-state index contributed by atoms with van der Waals surface area (Å²) in [6.45, 7) is 14.7. The van der Waals surface area contributed by atoms with E-state index < -0.39 is 17.7 Å². The maximum absolute atomic E-state index is 13.7. The standard InChI is InChI=1S/C55H66IN15O7/c1-7-11-12-17-55(56,8-2)39-27-45(73)67(53(39)77)20-15-44(72)66-30-34(31-66)16-21-78-43-26-35(47(57)74)24-37-38-29-59-49(41-22-32(5)64-70(41)9-3)62-50(38)68(46(37)43)18-13-14-19-69-51-40(25-36(28-60-51)48(58)75)61-54(69)63-52(76)42-23-33(6)65-71(42)10-4/h13-14,22-26,28-29,34,39H,7-12,15-21,27,30-31H2,1-6H3,(H2,57,74)(H2,58,75)(H,61,63,76)/b14-13+. The third-order valence-electron chi connectivity index (χ3n) is 14.9. The lowest BCUT2D eigenvalue weighted by Crippen LogP contribution is -2.51. The Bertz CT molecular complexity index is 3510. The number of ether oxygens (including phenoxy) is 1. The molecule has 2 aliphatic heterocycles. The molecule has 2 saturated heterocycles. The summed E-state index contributed by atoms with van der Waals surface area (Å²) in [7, 11) is 0. The summed E-state index contributed by atoms with van der Waals surface area (Å²) in [5.74, 6) is -1.41. The lowest BCUT2D eigenvalue weighted by molar-refractivity contribution is -0.142. The molecule has 0 radical (unpaired) electrons. The molecule has 7 aromatic rings. The monoisotopic (exact) mass is 1180 g/mol. The summed E-state index contributed by atoms with van der Waals surface area (Å²) in [4.78, 5) is 101. The van der Waals surface area contributed by atoms with Gasteiger partial charge in [-0.1, -0.05) is 67.9 Å². The number of imide groups is 1. The number of allylic oxidation sites excluding steroid dienone is 2. The number of fused-ring (bicyclic) bond motifs is 4. The molecule has 2 unspecified atom stereocenters. The first-order valence-electron chi connectivity index (χ1n) is 26.7. The van der Waals surface area contributed by atoms with Gasteiger partial charge in [0.2, 0.25) is 35.5 Å². The van der Waals surface area contributed by atoms with Gasteiger partial charge in [-0.2, -0.15) is 10.2 Å². The van der Waals surface area contributed by atoms with Crippen LogP contribution in [0.25, 0.3) is 44.6 Å². The molecule has 0 aliphatic carbocycles. The number of aryl methyl sites for hydroxylation is 4. The molecule has 9 rings (SSSR count). The van der Waals surface area contributed by atoms with Crippen LogP contribution in [0.4, 0.5) is 5.95 Å². The van der Waals surface area contributed by atoms with E-state index in [2.05, 4.69) is 61.9 Å². The van der Waals surface area contributed by atoms with Crippen LogP contribution in [0.1, 0.15) is 122 Å². The molecule has 6 aromatic heterocycles. The predicted molar refractivity (Wildman–Crippen MR) is 302 cm³/mol. The topological polar surface area (TPSA) is 279 Å². The van der Waals surface area contributed by atoms with Crippen LogP contribution in [0.15, 0.2) is 54.9 Å². The molecular formula is C55H66IN15O7. The highest BCUT2D eigenvalue weighted by atomic mass is 127. The van der Waals surface area contributed by atoms with E-state index in [0.29, 0.717) is 88.7 Å². The van der Waals surface area contributed by atoms with Gasteiger partial charge in [-0.05, 0) is 83.2 Å². The van der Waals surface area contributed by atoms with Crippen molar-refractivity contribution in [2.24, 2.45) is 23.3 Å². The smallest absolute Gasteiger partial charge is 0.276 e. The molecule has 0 spiro atoms. The molecular weight excluding hydrogens is 1110 g/mol. The van der Waals surface area contributed by atoms with Gasteiger partial charge in [-0.3, -0.25) is 52.9 Å². The Hall–Kier alpha value is -7.57. The second kappa shape index (κ2) is 23.2. The number of alkyl halides is 1. The Balaban J connectivity index is 0.951. The van der Waals surface area contributed by atoms with Crippen molar-refractivity contribution in [3.8, 4) is 17.3 Å². The van der Waals surface area contributed by atoms with Crippen LogP contribution < -0.4 is 21.5 Å². The van der Waals surface area contributed by atoms with Crippen LogP contribution in [-0.4, -0.2) is 124 Å². The largest absolute Gasteiger partial charge is 0.491 e. The number of likely N-dealkylation sites (tertiary alicyclic amines) is 2. The lowest BCUT2D eigenvalue weighted by Gasteiger charge is -2.39. The number of nitrogens with zero attached hydrogens (tertiary/aromatic N) is 12. The first-order chi connectivity index (χ1) is 37.4. The number of anilines is 1. The Labute approximate surface area is 464 Å². The van der Waals surface area contributed by atoms with E-state index in [-0.39, 0.29) is 89.1 Å². The highest BCUT2D eigenvalue weighted by molar-refractivity contribution is 14.1. The molecule has 2 fully saturated rings. The number of pyridine rings is 1. The number of primary amides is 2. The Morgan fingerprint density at radius 2 is 1.55 bits per heavy atom. The first kappa shape index (κ1) is 55.2. The van der Waals surface area contributed by atoms with Gasteiger partial charge in [0.25, 0.3) is 5.91 Å². The van der Waals surface area contributed by atoms with Gasteiger partial charge in [-0.25, -0.2) is 19.9 Å². The average Bonchev–Trinajstić information content (AvgIpc) is 4.32. The number of hydrogen-bond acceptors (Lipinski definition) is 13. The fourth-order valence-electron chi connectivity index (χ4n) is 10.6. The maximum Gasteiger partial charge on any atom is 0.276 e. The van der Waals surface area contributed by atoms with Crippen molar-refractivity contribution in [3.63, 3.8) is 0 Å². The number of benzene rings is 1. The third-order valence-corrected chi connectivity index (χ3v) is 17.0. The minimum Gasteiger partial charge on any atom is -0.491 e. The minimum absolute atomic E-state index is 0.0722. The van der Waals surface area contributed by atoms with Gasteiger partial charge < -0.3 is 25.7 Å². The molecule has 6 amide bonds. The number of unbranched alkanes of at least 4 members (excludes halogenated alkanes) is 2. The fourth-order valence-corrected chi connectivity index (χ4v) is 11.5. The van der Waals surface area contributed by atoms with Gasteiger partial charge in [0, 0.05) is 90.8 Å². The molecule has 78 heavy (non-hydrogen) atoms.